The average Bonchev–Trinajstić information content (AvgIpc) is 2.13. The van der Waals surface area contributed by atoms with Crippen LogP contribution < -0.4 is 11.1 Å². The average molecular weight is 216 g/mol. The minimum Gasteiger partial charge on any atom is -0.382 e. The van der Waals surface area contributed by atoms with Crippen LogP contribution in [0.15, 0.2) is 0 Å². The Kier molecular flexibility index (Phi) is 6.52. The number of hydrogen-bond donors (Lipinski definition) is 2. The van der Waals surface area contributed by atoms with E-state index < -0.39 is 0 Å². The van der Waals surface area contributed by atoms with Crippen molar-refractivity contribution in [3.63, 3.8) is 0 Å². The number of nitrogens with two attached hydrogens (primary N) is 1. The van der Waals surface area contributed by atoms with Gasteiger partial charge in [0.25, 0.3) is 0 Å². The molecule has 90 valence electrons. The molecule has 1 atom stereocenters. The van der Waals surface area contributed by atoms with E-state index in [0.717, 1.165) is 6.42 Å². The number of amides is 1. The summed E-state index contributed by atoms with van der Waals surface area (Å²) in [5.41, 5.74) is 5.24. The molecule has 0 radical (unpaired) electrons. The van der Waals surface area contributed by atoms with Crippen LogP contribution in [-0.2, 0) is 9.53 Å². The van der Waals surface area contributed by atoms with Gasteiger partial charge in [-0.25, -0.2) is 0 Å². The smallest absolute Gasteiger partial charge is 0.220 e. The van der Waals surface area contributed by atoms with Crippen molar-refractivity contribution in [3.8, 4) is 0 Å². The highest BCUT2D eigenvalue weighted by Gasteiger charge is 2.21. The molecule has 4 nitrogen and oxygen atoms in total. The van der Waals surface area contributed by atoms with Gasteiger partial charge in [0.2, 0.25) is 5.91 Å². The van der Waals surface area contributed by atoms with Crippen LogP contribution in [0, 0.1) is 5.92 Å². The van der Waals surface area contributed by atoms with E-state index >= 15 is 0 Å². The molecule has 1 unspecified atom stereocenters. The molecular formula is C11H24N2O2. The normalized spacial score (nSPS) is 13.7. The number of nitrogens with one attached hydrogen (secondary N) is 1. The Morgan fingerprint density at radius 3 is 2.53 bits per heavy atom. The maximum absolute atomic E-state index is 11.6. The lowest BCUT2D eigenvalue weighted by atomic mass is 10.0. The number of ether oxygens (including phenoxy) is 1. The van der Waals surface area contributed by atoms with Gasteiger partial charge in [0.1, 0.15) is 0 Å². The molecule has 0 bridgehead atoms. The Balaban J connectivity index is 4.01. The molecule has 0 saturated carbocycles. The third-order valence-corrected chi connectivity index (χ3v) is 2.37. The third kappa shape index (κ3) is 6.47. The van der Waals surface area contributed by atoms with Crippen molar-refractivity contribution in [2.45, 2.75) is 39.2 Å². The largest absolute Gasteiger partial charge is 0.382 e. The summed E-state index contributed by atoms with van der Waals surface area (Å²) in [5.74, 6) is 0.331. The van der Waals surface area contributed by atoms with E-state index in [2.05, 4.69) is 5.32 Å². The number of carbonyl (C=O) groups excluding carboxylic acids is 1. The molecule has 1 amide bonds. The first kappa shape index (κ1) is 14.4. The predicted molar refractivity (Wildman–Crippen MR) is 61.6 cm³/mol. The van der Waals surface area contributed by atoms with Gasteiger partial charge in [-0.05, 0) is 26.3 Å². The van der Waals surface area contributed by atoms with Gasteiger partial charge in [0.05, 0.1) is 12.1 Å². The molecule has 0 heterocycles. The van der Waals surface area contributed by atoms with Crippen molar-refractivity contribution in [3.05, 3.63) is 0 Å². The van der Waals surface area contributed by atoms with Gasteiger partial charge in [-0.2, -0.15) is 0 Å². The van der Waals surface area contributed by atoms with Crippen LogP contribution in [0.25, 0.3) is 0 Å². The monoisotopic (exact) mass is 216 g/mol. The molecule has 0 fully saturated rings. The summed E-state index contributed by atoms with van der Waals surface area (Å²) in [7, 11) is 1.63. The molecule has 0 rings (SSSR count). The van der Waals surface area contributed by atoms with Gasteiger partial charge in [-0.1, -0.05) is 13.3 Å². The zero-order chi connectivity index (χ0) is 11.9. The lowest BCUT2D eigenvalue weighted by Crippen LogP contribution is -2.47. The van der Waals surface area contributed by atoms with Gasteiger partial charge < -0.3 is 15.8 Å². The quantitative estimate of drug-likeness (QED) is 0.664. The van der Waals surface area contributed by atoms with Crippen molar-refractivity contribution >= 4 is 5.91 Å². The minimum atomic E-state index is -0.307. The molecule has 4 heteroatoms. The van der Waals surface area contributed by atoms with Crippen LogP contribution in [0.5, 0.6) is 0 Å². The van der Waals surface area contributed by atoms with E-state index in [1.807, 2.05) is 20.8 Å². The lowest BCUT2D eigenvalue weighted by Gasteiger charge is -2.26. The summed E-state index contributed by atoms with van der Waals surface area (Å²) in [6.45, 7) is 7.01. The van der Waals surface area contributed by atoms with Gasteiger partial charge in [-0.3, -0.25) is 4.79 Å². The predicted octanol–water partition coefficient (Wildman–Crippen LogP) is 0.903. The van der Waals surface area contributed by atoms with Crippen LogP contribution in [0.2, 0.25) is 0 Å². The van der Waals surface area contributed by atoms with Crippen molar-refractivity contribution in [2.75, 3.05) is 20.3 Å². The maximum Gasteiger partial charge on any atom is 0.220 e. The summed E-state index contributed by atoms with van der Waals surface area (Å²) in [5, 5.41) is 2.94. The van der Waals surface area contributed by atoms with Crippen LogP contribution in [0.4, 0.5) is 0 Å². The summed E-state index contributed by atoms with van der Waals surface area (Å²) >= 11 is 0. The summed E-state index contributed by atoms with van der Waals surface area (Å²) < 4.78 is 5.03. The van der Waals surface area contributed by atoms with Crippen LogP contribution in [0.3, 0.4) is 0 Å². The van der Waals surface area contributed by atoms with Gasteiger partial charge >= 0.3 is 0 Å². The second-order valence-corrected chi connectivity index (χ2v) is 4.58. The zero-order valence-corrected chi connectivity index (χ0v) is 10.3. The Morgan fingerprint density at radius 2 is 2.13 bits per heavy atom. The summed E-state index contributed by atoms with van der Waals surface area (Å²) in [6, 6.07) is 0. The molecule has 0 saturated heterocycles. The van der Waals surface area contributed by atoms with Crippen molar-refractivity contribution in [2.24, 2.45) is 11.7 Å². The fourth-order valence-corrected chi connectivity index (χ4v) is 1.48. The zero-order valence-electron chi connectivity index (χ0n) is 10.3. The first-order valence-corrected chi connectivity index (χ1v) is 5.45. The van der Waals surface area contributed by atoms with Crippen LogP contribution in [0.1, 0.15) is 33.6 Å². The molecule has 0 spiro atoms. The van der Waals surface area contributed by atoms with Gasteiger partial charge in [0, 0.05) is 13.5 Å². The number of rotatable bonds is 7. The Bertz CT molecular complexity index is 189. The molecule has 0 aromatic carbocycles. The molecule has 0 aromatic rings. The summed E-state index contributed by atoms with van der Waals surface area (Å²) in [6.07, 6.45) is 1.44. The first-order valence-electron chi connectivity index (χ1n) is 5.45. The number of carbonyl (C=O) groups is 1. The third-order valence-electron chi connectivity index (χ3n) is 2.37. The van der Waals surface area contributed by atoms with Crippen molar-refractivity contribution < 1.29 is 9.53 Å². The highest BCUT2D eigenvalue weighted by Crippen LogP contribution is 2.08. The molecule has 0 aliphatic heterocycles. The topological polar surface area (TPSA) is 64.4 Å². The second kappa shape index (κ2) is 6.80. The fraction of sp³-hybridized carbons (Fsp3) is 0.909. The Labute approximate surface area is 92.6 Å². The van der Waals surface area contributed by atoms with Crippen molar-refractivity contribution in [1.82, 2.24) is 5.32 Å². The lowest BCUT2D eigenvalue weighted by molar-refractivity contribution is -0.124. The Hall–Kier alpha value is -0.610. The SMILES string of the molecule is CCC(CN)CC(=O)NC(C)(C)COC. The molecule has 0 aliphatic carbocycles. The molecule has 0 aromatic heterocycles. The molecule has 3 N–H and O–H groups in total. The van der Waals surface area contributed by atoms with E-state index in [0.29, 0.717) is 19.6 Å². The Morgan fingerprint density at radius 1 is 1.53 bits per heavy atom. The first-order chi connectivity index (χ1) is 6.95. The van der Waals surface area contributed by atoms with E-state index in [1.165, 1.54) is 0 Å². The van der Waals surface area contributed by atoms with Gasteiger partial charge in [-0.15, -0.1) is 0 Å². The van der Waals surface area contributed by atoms with E-state index in [-0.39, 0.29) is 17.4 Å². The second-order valence-electron chi connectivity index (χ2n) is 4.58. The molecular weight excluding hydrogens is 192 g/mol. The van der Waals surface area contributed by atoms with Crippen LogP contribution >= 0.6 is 0 Å². The molecule has 15 heavy (non-hydrogen) atoms. The van der Waals surface area contributed by atoms with Crippen LogP contribution in [-0.4, -0.2) is 31.7 Å². The minimum absolute atomic E-state index is 0.0503. The highest BCUT2D eigenvalue weighted by atomic mass is 16.5. The fourth-order valence-electron chi connectivity index (χ4n) is 1.48. The van der Waals surface area contributed by atoms with E-state index in [4.69, 9.17) is 10.5 Å². The number of hydrogen-bond acceptors (Lipinski definition) is 3. The molecule has 0 aliphatic rings. The standard InChI is InChI=1S/C11H24N2O2/c1-5-9(7-12)6-10(14)13-11(2,3)8-15-4/h9H,5-8,12H2,1-4H3,(H,13,14). The highest BCUT2D eigenvalue weighted by molar-refractivity contribution is 5.77. The maximum atomic E-state index is 11.6. The summed E-state index contributed by atoms with van der Waals surface area (Å²) in [4.78, 5) is 11.6. The number of methoxy groups -OCH3 is 1. The van der Waals surface area contributed by atoms with E-state index in [9.17, 15) is 4.79 Å². The van der Waals surface area contributed by atoms with Crippen molar-refractivity contribution in [1.29, 1.82) is 0 Å². The van der Waals surface area contributed by atoms with Gasteiger partial charge in [0.15, 0.2) is 0 Å². The van der Waals surface area contributed by atoms with E-state index in [1.54, 1.807) is 7.11 Å².